The quantitative estimate of drug-likeness (QED) is 0.753. The first-order valence-corrected chi connectivity index (χ1v) is 11.2. The molecule has 1 saturated carbocycles. The molecule has 2 fully saturated rings. The first-order chi connectivity index (χ1) is 15.5. The zero-order valence-corrected chi connectivity index (χ0v) is 18.6. The molecule has 1 N–H and O–H groups in total. The Balaban J connectivity index is 1.52. The number of likely N-dealkylation sites (tertiary alicyclic amines) is 1. The van der Waals surface area contributed by atoms with Crippen LogP contribution in [0.3, 0.4) is 0 Å². The number of rotatable bonds is 5. The topological polar surface area (TPSA) is 68.2 Å². The molecule has 32 heavy (non-hydrogen) atoms. The second kappa shape index (κ2) is 8.17. The molecule has 2 aliphatic heterocycles. The van der Waals surface area contributed by atoms with Gasteiger partial charge in [0.25, 0.3) is 0 Å². The lowest BCUT2D eigenvalue weighted by Crippen LogP contribution is -2.38. The SMILES string of the molecule is COc1ccc2c(c1)COc1ccc(OC)cc1C2=C1CCN(CC2(C(=O)O)CC2)CC1. The van der Waals surface area contributed by atoms with Gasteiger partial charge in [-0.05, 0) is 67.2 Å². The molecule has 0 bridgehead atoms. The predicted octanol–water partition coefficient (Wildman–Crippen LogP) is 4.36. The molecule has 0 radical (unpaired) electrons. The Bertz CT molecular complexity index is 1080. The fourth-order valence-electron chi connectivity index (χ4n) is 4.95. The van der Waals surface area contributed by atoms with E-state index in [4.69, 9.17) is 14.2 Å². The smallest absolute Gasteiger partial charge is 0.310 e. The number of hydrogen-bond acceptors (Lipinski definition) is 5. The van der Waals surface area contributed by atoms with Crippen LogP contribution in [0.25, 0.3) is 5.57 Å². The average Bonchev–Trinajstić information content (AvgIpc) is 3.62. The molecule has 2 aromatic rings. The van der Waals surface area contributed by atoms with E-state index in [9.17, 15) is 9.90 Å². The highest BCUT2D eigenvalue weighted by Crippen LogP contribution is 2.48. The predicted molar refractivity (Wildman–Crippen MR) is 121 cm³/mol. The second-order valence-corrected chi connectivity index (χ2v) is 9.01. The van der Waals surface area contributed by atoms with Crippen LogP contribution >= 0.6 is 0 Å². The third-order valence-corrected chi connectivity index (χ3v) is 7.07. The summed E-state index contributed by atoms with van der Waals surface area (Å²) in [4.78, 5) is 13.9. The third kappa shape index (κ3) is 3.73. The lowest BCUT2D eigenvalue weighted by Gasteiger charge is -2.32. The summed E-state index contributed by atoms with van der Waals surface area (Å²) in [6, 6.07) is 12.2. The summed E-state index contributed by atoms with van der Waals surface area (Å²) in [5.74, 6) is 1.83. The standard InChI is InChI=1S/C26H29NO5/c1-30-19-3-5-21-18(13-19)15-32-23-6-4-20(31-2)14-22(23)24(21)17-7-11-27(12-8-17)16-26(9-10-26)25(28)29/h3-6,13-14H,7-12,15-16H2,1-2H3,(H,28,29). The summed E-state index contributed by atoms with van der Waals surface area (Å²) < 4.78 is 17.2. The van der Waals surface area contributed by atoms with Crippen LogP contribution in [0.4, 0.5) is 0 Å². The van der Waals surface area contributed by atoms with Gasteiger partial charge in [-0.15, -0.1) is 0 Å². The maximum Gasteiger partial charge on any atom is 0.310 e. The monoisotopic (exact) mass is 435 g/mol. The molecule has 0 aromatic heterocycles. The van der Waals surface area contributed by atoms with E-state index in [0.29, 0.717) is 13.2 Å². The van der Waals surface area contributed by atoms with E-state index >= 15 is 0 Å². The highest BCUT2D eigenvalue weighted by Gasteiger charge is 2.51. The summed E-state index contributed by atoms with van der Waals surface area (Å²) in [6.45, 7) is 2.89. The number of fused-ring (bicyclic) bond motifs is 2. The number of ether oxygens (including phenoxy) is 3. The van der Waals surface area contributed by atoms with Gasteiger partial charge in [-0.2, -0.15) is 0 Å². The minimum absolute atomic E-state index is 0.482. The Labute approximate surface area is 188 Å². The van der Waals surface area contributed by atoms with Crippen molar-refractivity contribution in [1.29, 1.82) is 0 Å². The highest BCUT2D eigenvalue weighted by molar-refractivity contribution is 5.88. The van der Waals surface area contributed by atoms with Gasteiger partial charge in [-0.3, -0.25) is 4.79 Å². The number of methoxy groups -OCH3 is 2. The van der Waals surface area contributed by atoms with Crippen molar-refractivity contribution < 1.29 is 24.1 Å². The summed E-state index contributed by atoms with van der Waals surface area (Å²) in [5, 5.41) is 9.56. The van der Waals surface area contributed by atoms with Gasteiger partial charge < -0.3 is 24.2 Å². The Morgan fingerprint density at radius 1 is 1.03 bits per heavy atom. The van der Waals surface area contributed by atoms with Crippen LogP contribution in [0.1, 0.15) is 42.4 Å². The number of piperidine rings is 1. The normalized spacial score (nSPS) is 19.3. The van der Waals surface area contributed by atoms with Crippen LogP contribution in [0, 0.1) is 5.41 Å². The van der Waals surface area contributed by atoms with Gasteiger partial charge in [-0.1, -0.05) is 11.6 Å². The molecule has 1 saturated heterocycles. The second-order valence-electron chi connectivity index (χ2n) is 9.01. The average molecular weight is 436 g/mol. The van der Waals surface area contributed by atoms with Gasteiger partial charge in [0.15, 0.2) is 0 Å². The fourth-order valence-corrected chi connectivity index (χ4v) is 4.95. The van der Waals surface area contributed by atoms with E-state index in [1.807, 2.05) is 18.2 Å². The Kier molecular flexibility index (Phi) is 5.33. The Morgan fingerprint density at radius 2 is 1.72 bits per heavy atom. The molecule has 2 aromatic carbocycles. The summed E-state index contributed by atoms with van der Waals surface area (Å²) in [5.41, 5.74) is 5.42. The lowest BCUT2D eigenvalue weighted by molar-refractivity contribution is -0.144. The van der Waals surface area contributed by atoms with Gasteiger partial charge in [0.1, 0.15) is 23.9 Å². The van der Waals surface area contributed by atoms with Gasteiger partial charge in [0, 0.05) is 30.8 Å². The molecule has 0 spiro atoms. The van der Waals surface area contributed by atoms with E-state index < -0.39 is 11.4 Å². The van der Waals surface area contributed by atoms with Crippen molar-refractivity contribution in [2.24, 2.45) is 5.41 Å². The summed E-state index contributed by atoms with van der Waals surface area (Å²) >= 11 is 0. The fraction of sp³-hybridized carbons (Fsp3) is 0.423. The van der Waals surface area contributed by atoms with Crippen LogP contribution < -0.4 is 14.2 Å². The molecular weight excluding hydrogens is 406 g/mol. The molecule has 2 heterocycles. The molecule has 6 heteroatoms. The Hall–Kier alpha value is -2.99. The van der Waals surface area contributed by atoms with Crippen molar-refractivity contribution in [2.45, 2.75) is 32.3 Å². The van der Waals surface area contributed by atoms with Gasteiger partial charge in [-0.25, -0.2) is 0 Å². The number of carboxylic acid groups (broad SMARTS) is 1. The van der Waals surface area contributed by atoms with Gasteiger partial charge in [0.2, 0.25) is 0 Å². The van der Waals surface area contributed by atoms with E-state index in [1.165, 1.54) is 16.7 Å². The third-order valence-electron chi connectivity index (χ3n) is 7.07. The van der Waals surface area contributed by atoms with Crippen molar-refractivity contribution in [3.8, 4) is 17.2 Å². The summed E-state index contributed by atoms with van der Waals surface area (Å²) in [6.07, 6.45) is 3.42. The number of aliphatic carboxylic acids is 1. The molecule has 0 amide bonds. The molecule has 168 valence electrons. The van der Waals surface area contributed by atoms with E-state index in [1.54, 1.807) is 14.2 Å². The van der Waals surface area contributed by atoms with Crippen LogP contribution in [0.5, 0.6) is 17.2 Å². The Morgan fingerprint density at radius 3 is 2.38 bits per heavy atom. The van der Waals surface area contributed by atoms with Crippen molar-refractivity contribution >= 4 is 11.5 Å². The van der Waals surface area contributed by atoms with Crippen molar-refractivity contribution in [2.75, 3.05) is 33.9 Å². The van der Waals surface area contributed by atoms with Crippen molar-refractivity contribution in [1.82, 2.24) is 4.90 Å². The minimum atomic E-state index is -0.647. The lowest BCUT2D eigenvalue weighted by atomic mass is 9.86. The van der Waals surface area contributed by atoms with Crippen molar-refractivity contribution in [3.05, 3.63) is 58.7 Å². The minimum Gasteiger partial charge on any atom is -0.497 e. The molecule has 1 aliphatic carbocycles. The molecule has 0 atom stereocenters. The number of hydrogen-bond donors (Lipinski definition) is 1. The number of carbonyl (C=O) groups is 1. The highest BCUT2D eigenvalue weighted by atomic mass is 16.5. The van der Waals surface area contributed by atoms with Gasteiger partial charge >= 0.3 is 5.97 Å². The maximum absolute atomic E-state index is 11.6. The van der Waals surface area contributed by atoms with Gasteiger partial charge in [0.05, 0.1) is 19.6 Å². The van der Waals surface area contributed by atoms with E-state index in [-0.39, 0.29) is 0 Å². The van der Waals surface area contributed by atoms with E-state index in [0.717, 1.165) is 67.1 Å². The zero-order chi connectivity index (χ0) is 22.3. The summed E-state index contributed by atoms with van der Waals surface area (Å²) in [7, 11) is 3.36. The largest absolute Gasteiger partial charge is 0.497 e. The van der Waals surface area contributed by atoms with Crippen molar-refractivity contribution in [3.63, 3.8) is 0 Å². The number of nitrogens with zero attached hydrogens (tertiary/aromatic N) is 1. The first-order valence-electron chi connectivity index (χ1n) is 11.2. The number of benzene rings is 2. The number of carboxylic acids is 1. The van der Waals surface area contributed by atoms with Crippen LogP contribution in [0.15, 0.2) is 42.0 Å². The maximum atomic E-state index is 11.6. The van der Waals surface area contributed by atoms with Crippen LogP contribution in [-0.2, 0) is 11.4 Å². The molecular formula is C26H29NO5. The zero-order valence-electron chi connectivity index (χ0n) is 18.6. The first kappa shape index (κ1) is 20.9. The van der Waals surface area contributed by atoms with E-state index in [2.05, 4.69) is 23.1 Å². The molecule has 0 unspecified atom stereocenters. The molecule has 6 nitrogen and oxygen atoms in total. The molecule has 3 aliphatic rings. The van der Waals surface area contributed by atoms with Crippen LogP contribution in [-0.4, -0.2) is 49.8 Å². The van der Waals surface area contributed by atoms with Crippen LogP contribution in [0.2, 0.25) is 0 Å². The molecule has 5 rings (SSSR count).